The van der Waals surface area contributed by atoms with Gasteiger partial charge in [0.1, 0.15) is 5.75 Å². The Kier molecular flexibility index (Phi) is 8.21. The highest BCUT2D eigenvalue weighted by Gasteiger charge is 2.26. The van der Waals surface area contributed by atoms with Crippen LogP contribution in [0.4, 0.5) is 8.78 Å². The molecule has 1 rings (SSSR count). The average molecular weight is 323 g/mol. The summed E-state index contributed by atoms with van der Waals surface area (Å²) in [5.74, 6) is -2.85. The third kappa shape index (κ3) is 7.24. The molecule has 0 saturated carbocycles. The lowest BCUT2D eigenvalue weighted by atomic mass is 10.1. The standard InChI is InChI=1S/C14H20F2N2O2.ClH/c1-10-3-4-11(2)12(7-10)20-6-5-13(19)18-9-14(15,16)8-17;/h3-4,7H,5-6,8-9,17H2,1-2H3,(H,18,19);1H. The van der Waals surface area contributed by atoms with Crippen LogP contribution in [0.5, 0.6) is 5.75 Å². The second kappa shape index (κ2) is 8.79. The maximum atomic E-state index is 12.8. The van der Waals surface area contributed by atoms with Crippen molar-refractivity contribution >= 4 is 18.3 Å². The zero-order chi connectivity index (χ0) is 15.2. The minimum atomic E-state index is -3.07. The molecule has 1 amide bonds. The normalized spacial score (nSPS) is 10.7. The number of halogens is 3. The first-order valence-corrected chi connectivity index (χ1v) is 6.39. The van der Waals surface area contributed by atoms with Crippen molar-refractivity contribution in [2.45, 2.75) is 26.2 Å². The fraction of sp³-hybridized carbons (Fsp3) is 0.500. The van der Waals surface area contributed by atoms with Crippen molar-refractivity contribution in [2.24, 2.45) is 5.73 Å². The van der Waals surface area contributed by atoms with Crippen LogP contribution in [0.3, 0.4) is 0 Å². The molecule has 0 unspecified atom stereocenters. The molecule has 3 N–H and O–H groups in total. The molecular weight excluding hydrogens is 302 g/mol. The third-order valence-electron chi connectivity index (χ3n) is 2.77. The Morgan fingerprint density at radius 2 is 2.05 bits per heavy atom. The summed E-state index contributed by atoms with van der Waals surface area (Å²) in [6.45, 7) is 2.45. The molecule has 7 heteroatoms. The molecule has 1 aromatic rings. The first-order chi connectivity index (χ1) is 9.34. The zero-order valence-electron chi connectivity index (χ0n) is 12.1. The van der Waals surface area contributed by atoms with Gasteiger partial charge in [0.25, 0.3) is 5.92 Å². The second-order valence-corrected chi connectivity index (χ2v) is 4.70. The summed E-state index contributed by atoms with van der Waals surface area (Å²) in [6.07, 6.45) is 0.0219. The van der Waals surface area contributed by atoms with Crippen LogP contribution in [0, 0.1) is 13.8 Å². The van der Waals surface area contributed by atoms with E-state index in [0.29, 0.717) is 5.75 Å². The highest BCUT2D eigenvalue weighted by molar-refractivity contribution is 5.85. The van der Waals surface area contributed by atoms with Gasteiger partial charge in [0.2, 0.25) is 5.91 Å². The Bertz CT molecular complexity index is 470. The summed E-state index contributed by atoms with van der Waals surface area (Å²) in [7, 11) is 0. The average Bonchev–Trinajstić information content (AvgIpc) is 2.40. The number of aryl methyl sites for hydroxylation is 2. The fourth-order valence-corrected chi connectivity index (χ4v) is 1.50. The summed E-state index contributed by atoms with van der Waals surface area (Å²) in [6, 6.07) is 5.76. The van der Waals surface area contributed by atoms with Gasteiger partial charge in [-0.1, -0.05) is 12.1 Å². The molecular formula is C14H21ClF2N2O2. The fourth-order valence-electron chi connectivity index (χ4n) is 1.50. The van der Waals surface area contributed by atoms with E-state index in [1.54, 1.807) is 0 Å². The van der Waals surface area contributed by atoms with Gasteiger partial charge in [-0.2, -0.15) is 0 Å². The Hall–Kier alpha value is -1.40. The Labute approximate surface area is 129 Å². The molecule has 4 nitrogen and oxygen atoms in total. The molecule has 0 atom stereocenters. The predicted molar refractivity (Wildman–Crippen MR) is 80.3 cm³/mol. The van der Waals surface area contributed by atoms with Gasteiger partial charge in [-0.25, -0.2) is 8.78 Å². The molecule has 0 fully saturated rings. The molecule has 0 aromatic heterocycles. The van der Waals surface area contributed by atoms with E-state index in [1.807, 2.05) is 32.0 Å². The quantitative estimate of drug-likeness (QED) is 0.809. The van der Waals surface area contributed by atoms with Crippen LogP contribution in [0.1, 0.15) is 17.5 Å². The maximum absolute atomic E-state index is 12.8. The largest absolute Gasteiger partial charge is 0.493 e. The van der Waals surface area contributed by atoms with Crippen molar-refractivity contribution < 1.29 is 18.3 Å². The van der Waals surface area contributed by atoms with E-state index in [4.69, 9.17) is 10.5 Å². The minimum Gasteiger partial charge on any atom is -0.493 e. The number of nitrogens with one attached hydrogen (secondary N) is 1. The molecule has 0 bridgehead atoms. The zero-order valence-corrected chi connectivity index (χ0v) is 12.9. The number of benzene rings is 1. The smallest absolute Gasteiger partial charge is 0.277 e. The van der Waals surface area contributed by atoms with E-state index in [-0.39, 0.29) is 25.4 Å². The first-order valence-electron chi connectivity index (χ1n) is 6.39. The molecule has 0 radical (unpaired) electrons. The lowest BCUT2D eigenvalue weighted by Crippen LogP contribution is -2.41. The van der Waals surface area contributed by atoms with Crippen molar-refractivity contribution in [1.29, 1.82) is 0 Å². The lowest BCUT2D eigenvalue weighted by molar-refractivity contribution is -0.123. The van der Waals surface area contributed by atoms with Gasteiger partial charge in [0, 0.05) is 0 Å². The number of ether oxygens (including phenoxy) is 1. The van der Waals surface area contributed by atoms with Gasteiger partial charge in [-0.05, 0) is 31.0 Å². The third-order valence-corrected chi connectivity index (χ3v) is 2.77. The second-order valence-electron chi connectivity index (χ2n) is 4.70. The van der Waals surface area contributed by atoms with Gasteiger partial charge in [-0.3, -0.25) is 4.79 Å². The number of rotatable bonds is 7. The van der Waals surface area contributed by atoms with Crippen molar-refractivity contribution in [3.8, 4) is 5.75 Å². The van der Waals surface area contributed by atoms with Gasteiger partial charge in [0.15, 0.2) is 0 Å². The van der Waals surface area contributed by atoms with E-state index in [2.05, 4.69) is 5.32 Å². The molecule has 0 heterocycles. The number of carbonyl (C=O) groups excluding carboxylic acids is 1. The van der Waals surface area contributed by atoms with Gasteiger partial charge < -0.3 is 15.8 Å². The monoisotopic (exact) mass is 322 g/mol. The molecule has 0 saturated heterocycles. The summed E-state index contributed by atoms with van der Waals surface area (Å²) >= 11 is 0. The molecule has 0 spiro atoms. The van der Waals surface area contributed by atoms with E-state index in [9.17, 15) is 13.6 Å². The van der Waals surface area contributed by atoms with Crippen molar-refractivity contribution in [2.75, 3.05) is 19.7 Å². The van der Waals surface area contributed by atoms with Crippen LogP contribution in [-0.4, -0.2) is 31.5 Å². The molecule has 120 valence electrons. The van der Waals surface area contributed by atoms with E-state index >= 15 is 0 Å². The summed E-state index contributed by atoms with van der Waals surface area (Å²) < 4.78 is 31.1. The van der Waals surface area contributed by atoms with Crippen molar-refractivity contribution in [1.82, 2.24) is 5.32 Å². The minimum absolute atomic E-state index is 0. The summed E-state index contributed by atoms with van der Waals surface area (Å²) in [5.41, 5.74) is 6.89. The Morgan fingerprint density at radius 1 is 1.38 bits per heavy atom. The van der Waals surface area contributed by atoms with E-state index in [0.717, 1.165) is 11.1 Å². The summed E-state index contributed by atoms with van der Waals surface area (Å²) in [5, 5.41) is 2.14. The Morgan fingerprint density at radius 3 is 2.67 bits per heavy atom. The van der Waals surface area contributed by atoms with Gasteiger partial charge in [0.05, 0.1) is 26.1 Å². The van der Waals surface area contributed by atoms with E-state index < -0.39 is 24.9 Å². The SMILES string of the molecule is Cc1ccc(C)c(OCCC(=O)NCC(F)(F)CN)c1.Cl. The Balaban J connectivity index is 0.00000400. The van der Waals surface area contributed by atoms with Crippen LogP contribution in [0.25, 0.3) is 0 Å². The number of carbonyl (C=O) groups is 1. The molecule has 0 aliphatic heterocycles. The van der Waals surface area contributed by atoms with Crippen LogP contribution in [0.2, 0.25) is 0 Å². The van der Waals surface area contributed by atoms with Gasteiger partial charge >= 0.3 is 0 Å². The van der Waals surface area contributed by atoms with Crippen LogP contribution in [0.15, 0.2) is 18.2 Å². The predicted octanol–water partition coefficient (Wildman–Crippen LogP) is 2.20. The number of hydrogen-bond acceptors (Lipinski definition) is 3. The molecule has 21 heavy (non-hydrogen) atoms. The van der Waals surface area contributed by atoms with Crippen LogP contribution in [-0.2, 0) is 4.79 Å². The molecule has 0 aliphatic carbocycles. The maximum Gasteiger partial charge on any atom is 0.277 e. The highest BCUT2D eigenvalue weighted by Crippen LogP contribution is 2.19. The number of amides is 1. The summed E-state index contributed by atoms with van der Waals surface area (Å²) in [4.78, 5) is 11.4. The van der Waals surface area contributed by atoms with Crippen LogP contribution < -0.4 is 15.8 Å². The van der Waals surface area contributed by atoms with Crippen molar-refractivity contribution in [3.63, 3.8) is 0 Å². The van der Waals surface area contributed by atoms with Crippen LogP contribution >= 0.6 is 12.4 Å². The first kappa shape index (κ1) is 19.6. The topological polar surface area (TPSA) is 64.3 Å². The van der Waals surface area contributed by atoms with E-state index in [1.165, 1.54) is 0 Å². The number of alkyl halides is 2. The number of nitrogens with two attached hydrogens (primary N) is 1. The molecule has 0 aliphatic rings. The van der Waals surface area contributed by atoms with Crippen molar-refractivity contribution in [3.05, 3.63) is 29.3 Å². The number of hydrogen-bond donors (Lipinski definition) is 2. The lowest BCUT2D eigenvalue weighted by Gasteiger charge is -2.15. The van der Waals surface area contributed by atoms with Gasteiger partial charge in [-0.15, -0.1) is 12.4 Å². The highest BCUT2D eigenvalue weighted by atomic mass is 35.5. The molecule has 1 aromatic carbocycles.